The maximum absolute atomic E-state index is 10.8. The predicted molar refractivity (Wildman–Crippen MR) is 70.7 cm³/mol. The number of benzene rings is 1. The Kier molecular flexibility index (Phi) is 2.73. The van der Waals surface area contributed by atoms with Gasteiger partial charge in [-0.1, -0.05) is 27.7 Å². The molecule has 1 heterocycles. The van der Waals surface area contributed by atoms with Crippen LogP contribution in [0.25, 0.3) is 0 Å². The smallest absolute Gasteiger partial charge is 0.258 e. The van der Waals surface area contributed by atoms with Gasteiger partial charge in [-0.25, -0.2) is 0 Å². The zero-order valence-corrected chi connectivity index (χ0v) is 11.4. The van der Waals surface area contributed by atoms with Gasteiger partial charge in [-0.15, -0.1) is 11.8 Å². The molecule has 0 radical (unpaired) electrons. The monoisotopic (exact) mass is 251 g/mol. The molecule has 0 unspecified atom stereocenters. The first-order chi connectivity index (χ1) is 7.71. The molecule has 0 aliphatic carbocycles. The lowest BCUT2D eigenvalue weighted by molar-refractivity contribution is -0.385. The Balaban J connectivity index is 2.55. The molecule has 1 aliphatic rings. The quantitative estimate of drug-likeness (QED) is 0.556. The molecule has 2 rings (SSSR count). The Labute approximate surface area is 106 Å². The molecule has 0 fully saturated rings. The molecule has 92 valence electrons. The van der Waals surface area contributed by atoms with Gasteiger partial charge in [-0.05, 0) is 23.5 Å². The van der Waals surface area contributed by atoms with Crippen molar-refractivity contribution in [3.8, 4) is 0 Å². The fourth-order valence-electron chi connectivity index (χ4n) is 2.74. The Hall–Kier alpha value is -1.03. The summed E-state index contributed by atoms with van der Waals surface area (Å²) in [6.07, 6.45) is 1.03. The number of nitro groups is 1. The first kappa shape index (κ1) is 12.4. The summed E-state index contributed by atoms with van der Waals surface area (Å²) >= 11 is 1.81. The number of nitro benzene ring substituents is 1. The van der Waals surface area contributed by atoms with Crippen molar-refractivity contribution >= 4 is 17.4 Å². The lowest BCUT2D eigenvalue weighted by Gasteiger charge is -2.41. The van der Waals surface area contributed by atoms with Crippen molar-refractivity contribution in [3.63, 3.8) is 0 Å². The van der Waals surface area contributed by atoms with Gasteiger partial charge in [-0.3, -0.25) is 10.1 Å². The van der Waals surface area contributed by atoms with Crippen LogP contribution in [-0.4, -0.2) is 9.67 Å². The van der Waals surface area contributed by atoms with Crippen LogP contribution in [0.1, 0.15) is 39.7 Å². The van der Waals surface area contributed by atoms with Gasteiger partial charge in [0.05, 0.1) is 4.92 Å². The zero-order chi connectivity index (χ0) is 12.8. The number of hydrogen-bond acceptors (Lipinski definition) is 3. The summed E-state index contributed by atoms with van der Waals surface area (Å²) in [6.45, 7) is 8.78. The molecule has 0 saturated carbocycles. The van der Waals surface area contributed by atoms with Crippen LogP contribution in [0.5, 0.6) is 0 Å². The molecule has 0 amide bonds. The van der Waals surface area contributed by atoms with E-state index in [1.807, 2.05) is 17.8 Å². The summed E-state index contributed by atoms with van der Waals surface area (Å²) in [4.78, 5) is 11.7. The second-order valence-corrected chi connectivity index (χ2v) is 7.61. The topological polar surface area (TPSA) is 43.1 Å². The van der Waals surface area contributed by atoms with Crippen LogP contribution in [0.15, 0.2) is 23.1 Å². The summed E-state index contributed by atoms with van der Waals surface area (Å²) in [7, 11) is 0. The number of thioether (sulfide) groups is 1. The third kappa shape index (κ3) is 2.32. The summed E-state index contributed by atoms with van der Waals surface area (Å²) < 4.78 is 0.187. The van der Waals surface area contributed by atoms with Crippen molar-refractivity contribution in [1.29, 1.82) is 0 Å². The third-order valence-electron chi connectivity index (χ3n) is 3.16. The molecule has 17 heavy (non-hydrogen) atoms. The third-order valence-corrected chi connectivity index (χ3v) is 4.43. The average Bonchev–Trinajstić information content (AvgIpc) is 2.13. The van der Waals surface area contributed by atoms with Gasteiger partial charge < -0.3 is 0 Å². The molecule has 4 heteroatoms. The van der Waals surface area contributed by atoms with Gasteiger partial charge in [-0.2, -0.15) is 0 Å². The first-order valence-corrected chi connectivity index (χ1v) is 6.51. The van der Waals surface area contributed by atoms with E-state index >= 15 is 0 Å². The number of rotatable bonds is 1. The van der Waals surface area contributed by atoms with Crippen molar-refractivity contribution in [3.05, 3.63) is 33.9 Å². The number of hydrogen-bond donors (Lipinski definition) is 0. The number of fused-ring (bicyclic) bond motifs is 1. The van der Waals surface area contributed by atoms with Crippen LogP contribution in [-0.2, 0) is 5.41 Å². The van der Waals surface area contributed by atoms with Gasteiger partial charge in [0.2, 0.25) is 0 Å². The highest BCUT2D eigenvalue weighted by molar-refractivity contribution is 8.00. The minimum absolute atomic E-state index is 0.00387. The highest BCUT2D eigenvalue weighted by atomic mass is 32.2. The highest BCUT2D eigenvalue weighted by Gasteiger charge is 2.38. The second-order valence-electron chi connectivity index (χ2n) is 5.86. The maximum atomic E-state index is 10.8. The summed E-state index contributed by atoms with van der Waals surface area (Å²) in [6, 6.07) is 5.22. The summed E-state index contributed by atoms with van der Waals surface area (Å²) in [5, 5.41) is 10.8. The van der Waals surface area contributed by atoms with Crippen LogP contribution >= 0.6 is 11.8 Å². The number of nitrogens with zero attached hydrogens (tertiary/aromatic N) is 1. The van der Waals surface area contributed by atoms with Gasteiger partial charge in [0, 0.05) is 21.8 Å². The van der Waals surface area contributed by atoms with E-state index in [1.54, 1.807) is 12.1 Å². The maximum Gasteiger partial charge on any atom is 0.269 e. The van der Waals surface area contributed by atoms with Crippen LogP contribution in [0.4, 0.5) is 5.69 Å². The number of non-ortho nitro benzene ring substituents is 1. The van der Waals surface area contributed by atoms with Gasteiger partial charge >= 0.3 is 0 Å². The van der Waals surface area contributed by atoms with Gasteiger partial charge in [0.25, 0.3) is 5.69 Å². The standard InChI is InChI=1S/C13H17NO2S/c1-12(2)8-13(3,4)17-11-6-5-9(14(15)16)7-10(11)12/h5-7H,8H2,1-4H3. The molecule has 0 bridgehead atoms. The molecule has 3 nitrogen and oxygen atoms in total. The van der Waals surface area contributed by atoms with E-state index in [4.69, 9.17) is 0 Å². The van der Waals surface area contributed by atoms with E-state index in [-0.39, 0.29) is 20.8 Å². The van der Waals surface area contributed by atoms with Crippen molar-refractivity contribution in [1.82, 2.24) is 0 Å². The van der Waals surface area contributed by atoms with E-state index in [9.17, 15) is 10.1 Å². The summed E-state index contributed by atoms with van der Waals surface area (Å²) in [5.74, 6) is 0. The summed E-state index contributed by atoms with van der Waals surface area (Å²) in [5.41, 5.74) is 1.30. The van der Waals surface area contributed by atoms with Crippen molar-refractivity contribution in [2.24, 2.45) is 0 Å². The van der Waals surface area contributed by atoms with E-state index in [1.165, 1.54) is 4.90 Å². The van der Waals surface area contributed by atoms with Crippen molar-refractivity contribution in [2.45, 2.75) is 49.2 Å². The molecule has 0 atom stereocenters. The fraction of sp³-hybridized carbons (Fsp3) is 0.538. The second kappa shape index (κ2) is 3.73. The van der Waals surface area contributed by atoms with Crippen LogP contribution in [0.3, 0.4) is 0 Å². The van der Waals surface area contributed by atoms with Crippen LogP contribution in [0.2, 0.25) is 0 Å². The Bertz CT molecular complexity index is 480. The van der Waals surface area contributed by atoms with Crippen LogP contribution < -0.4 is 0 Å². The zero-order valence-electron chi connectivity index (χ0n) is 10.6. The molecule has 0 aromatic heterocycles. The van der Waals surface area contributed by atoms with Gasteiger partial charge in [0.15, 0.2) is 0 Å². The van der Waals surface area contributed by atoms with Crippen molar-refractivity contribution < 1.29 is 4.92 Å². The Morgan fingerprint density at radius 2 is 1.94 bits per heavy atom. The Morgan fingerprint density at radius 1 is 1.29 bits per heavy atom. The van der Waals surface area contributed by atoms with E-state index in [2.05, 4.69) is 27.7 Å². The minimum Gasteiger partial charge on any atom is -0.258 e. The van der Waals surface area contributed by atoms with E-state index in [0.717, 1.165) is 12.0 Å². The molecular formula is C13H17NO2S. The van der Waals surface area contributed by atoms with E-state index < -0.39 is 0 Å². The SMILES string of the molecule is CC1(C)CC(C)(C)c2cc([N+](=O)[O-])ccc2S1. The molecule has 1 aromatic carbocycles. The molecule has 0 spiro atoms. The molecule has 0 N–H and O–H groups in total. The highest BCUT2D eigenvalue weighted by Crippen LogP contribution is 2.51. The van der Waals surface area contributed by atoms with Gasteiger partial charge in [0.1, 0.15) is 0 Å². The molecular weight excluding hydrogens is 234 g/mol. The molecule has 1 aromatic rings. The lowest BCUT2D eigenvalue weighted by Crippen LogP contribution is -2.33. The first-order valence-electron chi connectivity index (χ1n) is 5.69. The fourth-order valence-corrected chi connectivity index (χ4v) is 4.35. The van der Waals surface area contributed by atoms with Crippen molar-refractivity contribution in [2.75, 3.05) is 0 Å². The molecule has 0 saturated heterocycles. The van der Waals surface area contributed by atoms with E-state index in [0.29, 0.717) is 0 Å². The Morgan fingerprint density at radius 3 is 2.53 bits per heavy atom. The van der Waals surface area contributed by atoms with Crippen LogP contribution in [0, 0.1) is 10.1 Å². The lowest BCUT2D eigenvalue weighted by atomic mass is 9.77. The minimum atomic E-state index is -0.319. The largest absolute Gasteiger partial charge is 0.269 e. The normalized spacial score (nSPS) is 20.7. The molecule has 1 aliphatic heterocycles. The average molecular weight is 251 g/mol. The predicted octanol–water partition coefficient (Wildman–Crippen LogP) is 4.15.